The van der Waals surface area contributed by atoms with Gasteiger partial charge in [-0.05, 0) is 25.7 Å². The van der Waals surface area contributed by atoms with Crippen molar-refractivity contribution in [2.45, 2.75) is 38.8 Å². The summed E-state index contributed by atoms with van der Waals surface area (Å²) in [6.07, 6.45) is 5.56. The summed E-state index contributed by atoms with van der Waals surface area (Å²) < 4.78 is 1.23. The predicted molar refractivity (Wildman–Crippen MR) is 88.8 cm³/mol. The molecule has 2 aromatic carbocycles. The lowest BCUT2D eigenvalue weighted by Crippen LogP contribution is -2.47. The topological polar surface area (TPSA) is 0 Å². The van der Waals surface area contributed by atoms with Crippen LogP contribution >= 0.6 is 0 Å². The Morgan fingerprint density at radius 3 is 1.43 bits per heavy atom. The van der Waals surface area contributed by atoms with Gasteiger partial charge in [-0.3, -0.25) is 0 Å². The molecule has 0 bridgehead atoms. The molecule has 1 fully saturated rings. The first-order valence-corrected chi connectivity index (χ1v) is 8.29. The molecule has 2 aromatic rings. The van der Waals surface area contributed by atoms with Gasteiger partial charge in [-0.2, -0.15) is 0 Å². The number of nitrogens with zero attached hydrogens (tertiary/aromatic N) is 1. The van der Waals surface area contributed by atoms with Crippen molar-refractivity contribution in [1.82, 2.24) is 0 Å². The van der Waals surface area contributed by atoms with Gasteiger partial charge in [0.15, 0.2) is 0 Å². The van der Waals surface area contributed by atoms with Gasteiger partial charge in [0.05, 0.1) is 13.1 Å². The van der Waals surface area contributed by atoms with Crippen LogP contribution in [0.4, 0.5) is 0 Å². The van der Waals surface area contributed by atoms with E-state index in [1.807, 2.05) is 0 Å². The quantitative estimate of drug-likeness (QED) is 0.707. The largest absolute Gasteiger partial charge is 0.316 e. The number of benzene rings is 2. The normalized spacial score (nSPS) is 18.1. The number of likely N-dealkylation sites (tertiary alicyclic amines) is 1. The van der Waals surface area contributed by atoms with Gasteiger partial charge in [-0.15, -0.1) is 0 Å². The fraction of sp³-hybridized carbons (Fsp3) is 0.400. The highest BCUT2D eigenvalue weighted by atomic mass is 15.3. The Labute approximate surface area is 128 Å². The SMILES string of the molecule is c1ccc(C[N+]2(Cc3ccccc3)CCCCCC2)cc1. The Hall–Kier alpha value is -1.60. The molecule has 1 aliphatic heterocycles. The zero-order valence-electron chi connectivity index (χ0n) is 12.9. The summed E-state index contributed by atoms with van der Waals surface area (Å²) in [6.45, 7) is 5.00. The van der Waals surface area contributed by atoms with Gasteiger partial charge >= 0.3 is 0 Å². The molecule has 0 spiro atoms. The van der Waals surface area contributed by atoms with Crippen LogP contribution in [0.5, 0.6) is 0 Å². The van der Waals surface area contributed by atoms with Crippen LogP contribution in [0, 0.1) is 0 Å². The summed E-state index contributed by atoms with van der Waals surface area (Å²) >= 11 is 0. The molecule has 0 atom stereocenters. The molecular formula is C20H26N+. The zero-order valence-corrected chi connectivity index (χ0v) is 12.9. The van der Waals surface area contributed by atoms with Gasteiger partial charge in [0.2, 0.25) is 0 Å². The van der Waals surface area contributed by atoms with E-state index < -0.39 is 0 Å². The minimum atomic E-state index is 1.18. The van der Waals surface area contributed by atoms with Crippen molar-refractivity contribution in [3.05, 3.63) is 71.8 Å². The fourth-order valence-corrected chi connectivity index (χ4v) is 3.67. The summed E-state index contributed by atoms with van der Waals surface area (Å²) in [4.78, 5) is 0. The van der Waals surface area contributed by atoms with Crippen molar-refractivity contribution in [1.29, 1.82) is 0 Å². The molecule has 0 N–H and O–H groups in total. The summed E-state index contributed by atoms with van der Waals surface area (Å²) in [5.74, 6) is 0. The number of rotatable bonds is 4. The molecule has 0 aliphatic carbocycles. The zero-order chi connectivity index (χ0) is 14.4. The highest BCUT2D eigenvalue weighted by Gasteiger charge is 2.29. The third kappa shape index (κ3) is 3.95. The number of hydrogen-bond acceptors (Lipinski definition) is 0. The Morgan fingerprint density at radius 2 is 1.00 bits per heavy atom. The minimum Gasteiger partial charge on any atom is -0.316 e. The van der Waals surface area contributed by atoms with Gasteiger partial charge in [0.25, 0.3) is 0 Å². The maximum Gasteiger partial charge on any atom is 0.105 e. The van der Waals surface area contributed by atoms with Crippen molar-refractivity contribution in [2.75, 3.05) is 13.1 Å². The second-order valence-corrected chi connectivity index (χ2v) is 6.49. The highest BCUT2D eigenvalue weighted by Crippen LogP contribution is 2.25. The summed E-state index contributed by atoms with van der Waals surface area (Å²) in [5, 5.41) is 0. The molecule has 0 radical (unpaired) electrons. The molecular weight excluding hydrogens is 254 g/mol. The van der Waals surface area contributed by atoms with E-state index in [1.165, 1.54) is 67.5 Å². The second-order valence-electron chi connectivity index (χ2n) is 6.49. The molecule has 3 rings (SSSR count). The van der Waals surface area contributed by atoms with Crippen LogP contribution in [0.25, 0.3) is 0 Å². The van der Waals surface area contributed by atoms with Crippen LogP contribution in [0.1, 0.15) is 36.8 Å². The van der Waals surface area contributed by atoms with Crippen molar-refractivity contribution < 1.29 is 4.48 Å². The molecule has 0 saturated carbocycles. The molecule has 1 nitrogen and oxygen atoms in total. The van der Waals surface area contributed by atoms with E-state index in [0.29, 0.717) is 0 Å². The van der Waals surface area contributed by atoms with Crippen molar-refractivity contribution >= 4 is 0 Å². The van der Waals surface area contributed by atoms with Gasteiger partial charge in [0.1, 0.15) is 13.1 Å². The summed E-state index contributed by atoms with van der Waals surface area (Å²) in [7, 11) is 0. The van der Waals surface area contributed by atoms with Crippen molar-refractivity contribution in [3.63, 3.8) is 0 Å². The average molecular weight is 280 g/mol. The highest BCUT2D eigenvalue weighted by molar-refractivity contribution is 5.15. The molecule has 1 heterocycles. The molecule has 0 unspecified atom stereocenters. The first-order chi connectivity index (χ1) is 10.4. The average Bonchev–Trinajstić information content (AvgIpc) is 2.75. The molecule has 110 valence electrons. The van der Waals surface area contributed by atoms with E-state index in [9.17, 15) is 0 Å². The van der Waals surface area contributed by atoms with Crippen molar-refractivity contribution in [2.24, 2.45) is 0 Å². The second kappa shape index (κ2) is 6.91. The van der Waals surface area contributed by atoms with Gasteiger partial charge < -0.3 is 4.48 Å². The van der Waals surface area contributed by atoms with E-state index in [-0.39, 0.29) is 0 Å². The third-order valence-electron chi connectivity index (χ3n) is 4.74. The molecule has 1 saturated heterocycles. The van der Waals surface area contributed by atoms with Crippen LogP contribution in [0.15, 0.2) is 60.7 Å². The third-order valence-corrected chi connectivity index (χ3v) is 4.74. The van der Waals surface area contributed by atoms with Crippen LogP contribution in [0.3, 0.4) is 0 Å². The Balaban J connectivity index is 1.83. The Morgan fingerprint density at radius 1 is 0.571 bits per heavy atom. The summed E-state index contributed by atoms with van der Waals surface area (Å²) in [6, 6.07) is 22.1. The fourth-order valence-electron chi connectivity index (χ4n) is 3.67. The first-order valence-electron chi connectivity index (χ1n) is 8.29. The molecule has 21 heavy (non-hydrogen) atoms. The Bertz CT molecular complexity index is 481. The van der Waals surface area contributed by atoms with E-state index in [4.69, 9.17) is 0 Å². The van der Waals surface area contributed by atoms with Crippen LogP contribution in [-0.4, -0.2) is 17.6 Å². The van der Waals surface area contributed by atoms with Crippen LogP contribution < -0.4 is 0 Å². The van der Waals surface area contributed by atoms with Gasteiger partial charge in [-0.1, -0.05) is 60.7 Å². The van der Waals surface area contributed by atoms with E-state index in [0.717, 1.165) is 0 Å². The number of hydrogen-bond donors (Lipinski definition) is 0. The number of quaternary nitrogens is 1. The van der Waals surface area contributed by atoms with E-state index in [1.54, 1.807) is 0 Å². The lowest BCUT2D eigenvalue weighted by Gasteiger charge is -2.38. The predicted octanol–water partition coefficient (Wildman–Crippen LogP) is 4.78. The first kappa shape index (κ1) is 14.3. The summed E-state index contributed by atoms with van der Waals surface area (Å²) in [5.41, 5.74) is 2.96. The van der Waals surface area contributed by atoms with E-state index >= 15 is 0 Å². The van der Waals surface area contributed by atoms with Crippen LogP contribution in [-0.2, 0) is 13.1 Å². The maximum absolute atomic E-state index is 2.29. The smallest absolute Gasteiger partial charge is 0.105 e. The lowest BCUT2D eigenvalue weighted by atomic mass is 10.1. The van der Waals surface area contributed by atoms with Gasteiger partial charge in [0, 0.05) is 11.1 Å². The maximum atomic E-state index is 2.29. The molecule has 1 heteroatoms. The van der Waals surface area contributed by atoms with Crippen LogP contribution in [0.2, 0.25) is 0 Å². The molecule has 0 aromatic heterocycles. The monoisotopic (exact) mass is 280 g/mol. The van der Waals surface area contributed by atoms with Crippen molar-refractivity contribution in [3.8, 4) is 0 Å². The molecule has 1 aliphatic rings. The molecule has 0 amide bonds. The lowest BCUT2D eigenvalue weighted by molar-refractivity contribution is -0.952. The standard InChI is InChI=1S/C20H26N/c1-2-10-16-21(15-9-1,17-19-11-5-3-6-12-19)18-20-13-7-4-8-14-20/h3-8,11-14H,1-2,9-10,15-18H2/q+1. The minimum absolute atomic E-state index is 1.18. The van der Waals surface area contributed by atoms with Gasteiger partial charge in [-0.25, -0.2) is 0 Å². The Kier molecular flexibility index (Phi) is 4.72. The van der Waals surface area contributed by atoms with E-state index in [2.05, 4.69) is 60.7 Å².